The highest BCUT2D eigenvalue weighted by Gasteiger charge is 2.35. The van der Waals surface area contributed by atoms with E-state index in [4.69, 9.17) is 21.3 Å². The first-order valence-electron chi connectivity index (χ1n) is 29.0. The van der Waals surface area contributed by atoms with Gasteiger partial charge < -0.3 is 40.2 Å². The number of rotatable bonds is 25. The van der Waals surface area contributed by atoms with Crippen LogP contribution in [0, 0.1) is 6.92 Å². The van der Waals surface area contributed by atoms with E-state index in [-0.39, 0.29) is 47.8 Å². The van der Waals surface area contributed by atoms with Gasteiger partial charge >= 0.3 is 0 Å². The Morgan fingerprint density at radius 3 is 2.28 bits per heavy atom. The molecule has 0 spiro atoms. The molecule has 5 aromatic carbocycles. The number of amides is 3. The number of aliphatic hydroxyl groups is 1. The number of unbranched alkanes of at least 4 members (excludes halogenated alkanes) is 7. The van der Waals surface area contributed by atoms with Crippen LogP contribution in [0.5, 0.6) is 11.8 Å². The van der Waals surface area contributed by atoms with E-state index < -0.39 is 5.60 Å². The minimum absolute atomic E-state index is 0.0409. The maximum atomic E-state index is 13.7. The Morgan fingerprint density at radius 1 is 0.819 bits per heavy atom. The topological polar surface area (TPSA) is 206 Å². The van der Waals surface area contributed by atoms with E-state index in [1.165, 1.54) is 10.9 Å². The first kappa shape index (κ1) is 58.1. The molecule has 0 bridgehead atoms. The molecule has 1 fully saturated rings. The van der Waals surface area contributed by atoms with Crippen molar-refractivity contribution >= 4 is 62.3 Å². The fourth-order valence-electron chi connectivity index (χ4n) is 11.2. The number of aryl methyl sites for hydroxylation is 3. The summed E-state index contributed by atoms with van der Waals surface area (Å²) < 4.78 is 11.3. The number of aromatic nitrogens is 7. The number of imidazole rings is 1. The lowest BCUT2D eigenvalue weighted by atomic mass is 9.90. The molecule has 0 radical (unpaired) electrons. The molecule has 9 aromatic rings. The molecule has 18 heteroatoms. The number of likely N-dealkylation sites (tertiary alicyclic amines) is 1. The van der Waals surface area contributed by atoms with Crippen molar-refractivity contribution in [2.75, 3.05) is 32.7 Å². The Kier molecular flexibility index (Phi) is 18.5. The zero-order valence-electron chi connectivity index (χ0n) is 47.8. The third kappa shape index (κ3) is 14.2. The van der Waals surface area contributed by atoms with E-state index in [0.717, 1.165) is 107 Å². The van der Waals surface area contributed by atoms with Gasteiger partial charge in [0.15, 0.2) is 5.52 Å². The number of hydrogen-bond acceptors (Lipinski definition) is 10. The zero-order chi connectivity index (χ0) is 58.0. The van der Waals surface area contributed by atoms with Crippen LogP contribution in [0.2, 0.25) is 5.02 Å². The average molecular weight is 1140 g/mol. The third-order valence-corrected chi connectivity index (χ3v) is 16.5. The second kappa shape index (κ2) is 26.4. The Balaban J connectivity index is 0.574. The quantitative estimate of drug-likeness (QED) is 0.0342. The number of nitrogens with zero attached hydrogens (tertiary/aromatic N) is 7. The number of hydrogen-bond donors (Lipinski definition) is 5. The molecular formula is C65H74ClN11O6. The van der Waals surface area contributed by atoms with Gasteiger partial charge in [-0.25, -0.2) is 4.98 Å². The molecule has 0 aliphatic carbocycles. The lowest BCUT2D eigenvalue weighted by Crippen LogP contribution is -2.49. The fraction of sp³-hybridized carbons (Fsp3) is 0.369. The van der Waals surface area contributed by atoms with Gasteiger partial charge in [0.2, 0.25) is 11.8 Å². The van der Waals surface area contributed by atoms with E-state index in [1.807, 2.05) is 104 Å². The van der Waals surface area contributed by atoms with E-state index in [0.29, 0.717) is 85.5 Å². The van der Waals surface area contributed by atoms with Crippen molar-refractivity contribution in [2.24, 2.45) is 14.1 Å². The average Bonchev–Trinajstić information content (AvgIpc) is 4.29. The van der Waals surface area contributed by atoms with Crippen molar-refractivity contribution in [2.45, 2.75) is 109 Å². The van der Waals surface area contributed by atoms with Crippen molar-refractivity contribution in [1.82, 2.24) is 54.7 Å². The Labute approximate surface area is 488 Å². The molecule has 5 N–H and O–H groups in total. The first-order chi connectivity index (χ1) is 40.2. The summed E-state index contributed by atoms with van der Waals surface area (Å²) in [4.78, 5) is 67.1. The standard InChI is InChI=1S/C65H74ClN11O6/c1-43-18-24-50(83-64-71-54-37-52(53(66)38-55(54)72-64)48-23-25-56-49(35-48)26-31-74(56)3)36-51(43)62(80)69-30-15-10-8-6-5-7-9-14-29-68-57(78)40-67-39-45-19-21-47(22-20-45)61-59-60(73-75(61)4)63(81)77(42-70-59)41-65(82)27-32-76(33-28-65)58(79)34-44(2)46-16-12-11-13-17-46/h11-13,16-26,31,35-38,42,44,67,82H,5-10,14-15,27-30,32-34,39-41H2,1-4H3,(H,68,78)(H,69,80)(H,71,72)/t44-/m1/s1. The second-order valence-corrected chi connectivity index (χ2v) is 22.8. The molecule has 83 heavy (non-hydrogen) atoms. The highest BCUT2D eigenvalue weighted by molar-refractivity contribution is 6.34. The fourth-order valence-corrected chi connectivity index (χ4v) is 11.5. The van der Waals surface area contributed by atoms with Gasteiger partial charge in [0.1, 0.15) is 11.3 Å². The molecule has 1 saturated heterocycles. The summed E-state index contributed by atoms with van der Waals surface area (Å²) in [5, 5.41) is 27.2. The molecule has 1 atom stereocenters. The predicted octanol–water partition coefficient (Wildman–Crippen LogP) is 10.9. The normalized spacial score (nSPS) is 13.7. The molecule has 0 unspecified atom stereocenters. The molecule has 0 saturated carbocycles. The third-order valence-electron chi connectivity index (χ3n) is 16.1. The number of carbonyl (C=O) groups excluding carboxylic acids is 3. The lowest BCUT2D eigenvalue weighted by molar-refractivity contribution is -0.136. The number of ether oxygens (including phenoxy) is 1. The SMILES string of the molecule is Cc1ccc(Oc2nc3cc(-c4ccc5c(ccn5C)c4)c(Cl)cc3[nH]2)cc1C(=O)NCCCCCCCCCCNC(=O)CNCc1ccc(-c2c3ncn(CC4(O)CCN(C(=O)C[C@@H](C)c5ccccc5)CC4)c(=O)c3nn2C)cc1. The van der Waals surface area contributed by atoms with E-state index in [2.05, 4.69) is 66.8 Å². The summed E-state index contributed by atoms with van der Waals surface area (Å²) in [6.07, 6.45) is 13.0. The number of benzene rings is 5. The van der Waals surface area contributed by atoms with Gasteiger partial charge in [-0.3, -0.25) is 28.4 Å². The highest BCUT2D eigenvalue weighted by atomic mass is 35.5. The van der Waals surface area contributed by atoms with Gasteiger partial charge in [-0.2, -0.15) is 10.1 Å². The molecular weight excluding hydrogens is 1070 g/mol. The van der Waals surface area contributed by atoms with Crippen LogP contribution in [-0.4, -0.2) is 99.9 Å². The van der Waals surface area contributed by atoms with Crippen LogP contribution in [0.4, 0.5) is 0 Å². The Morgan fingerprint density at radius 2 is 1.53 bits per heavy atom. The van der Waals surface area contributed by atoms with Crippen LogP contribution >= 0.6 is 11.6 Å². The number of H-pyrrole nitrogens is 1. The zero-order valence-corrected chi connectivity index (χ0v) is 48.6. The van der Waals surface area contributed by atoms with Gasteiger partial charge in [-0.1, -0.05) is 124 Å². The minimum Gasteiger partial charge on any atom is -0.426 e. The molecule has 4 aromatic heterocycles. The summed E-state index contributed by atoms with van der Waals surface area (Å²) >= 11 is 6.76. The molecule has 3 amide bonds. The van der Waals surface area contributed by atoms with Crippen LogP contribution < -0.4 is 26.2 Å². The number of halogens is 1. The number of fused-ring (bicyclic) bond motifs is 3. The van der Waals surface area contributed by atoms with Crippen molar-refractivity contribution in [3.63, 3.8) is 0 Å². The molecule has 5 heterocycles. The van der Waals surface area contributed by atoms with Gasteiger partial charge in [-0.15, -0.1) is 0 Å². The smallest absolute Gasteiger partial charge is 0.300 e. The van der Waals surface area contributed by atoms with Crippen LogP contribution in [0.15, 0.2) is 127 Å². The summed E-state index contributed by atoms with van der Waals surface area (Å²) in [6, 6.07) is 35.9. The number of nitrogens with one attached hydrogen (secondary N) is 4. The minimum atomic E-state index is -1.15. The van der Waals surface area contributed by atoms with Crippen molar-refractivity contribution in [3.8, 4) is 34.1 Å². The van der Waals surface area contributed by atoms with Crippen molar-refractivity contribution < 1.29 is 24.2 Å². The summed E-state index contributed by atoms with van der Waals surface area (Å²) in [7, 11) is 3.81. The largest absolute Gasteiger partial charge is 0.426 e. The summed E-state index contributed by atoms with van der Waals surface area (Å²) in [6.45, 7) is 6.83. The van der Waals surface area contributed by atoms with Crippen LogP contribution in [0.25, 0.3) is 55.4 Å². The maximum absolute atomic E-state index is 13.7. The Hall–Kier alpha value is -8.12. The van der Waals surface area contributed by atoms with Crippen molar-refractivity contribution in [3.05, 3.63) is 159 Å². The number of carbonyl (C=O) groups is 3. The summed E-state index contributed by atoms with van der Waals surface area (Å²) in [5.74, 6) is 0.498. The van der Waals surface area contributed by atoms with Gasteiger partial charge in [0, 0.05) is 87.0 Å². The van der Waals surface area contributed by atoms with Crippen LogP contribution in [0.1, 0.15) is 111 Å². The highest BCUT2D eigenvalue weighted by Crippen LogP contribution is 2.35. The molecule has 10 rings (SSSR count). The monoisotopic (exact) mass is 1140 g/mol. The second-order valence-electron chi connectivity index (χ2n) is 22.4. The molecule has 1 aliphatic heterocycles. The van der Waals surface area contributed by atoms with E-state index in [9.17, 15) is 24.3 Å². The molecule has 432 valence electrons. The van der Waals surface area contributed by atoms with Crippen LogP contribution in [-0.2, 0) is 36.8 Å². The van der Waals surface area contributed by atoms with Crippen LogP contribution in [0.3, 0.4) is 0 Å². The van der Waals surface area contributed by atoms with Gasteiger partial charge in [-0.05, 0) is 103 Å². The molecule has 17 nitrogen and oxygen atoms in total. The van der Waals surface area contributed by atoms with E-state index >= 15 is 0 Å². The van der Waals surface area contributed by atoms with Gasteiger partial charge in [0.25, 0.3) is 17.5 Å². The Bertz CT molecular complexity index is 3800. The predicted molar refractivity (Wildman–Crippen MR) is 327 cm³/mol. The summed E-state index contributed by atoms with van der Waals surface area (Å²) in [5.41, 5.74) is 8.84. The number of piperidine rings is 1. The molecule has 1 aliphatic rings. The lowest BCUT2D eigenvalue weighted by Gasteiger charge is -2.38. The maximum Gasteiger partial charge on any atom is 0.300 e. The number of aromatic amines is 1. The first-order valence-corrected chi connectivity index (χ1v) is 29.4. The van der Waals surface area contributed by atoms with Crippen molar-refractivity contribution in [1.29, 1.82) is 0 Å². The van der Waals surface area contributed by atoms with Gasteiger partial charge in [0.05, 0.1) is 46.8 Å². The van der Waals surface area contributed by atoms with E-state index in [1.54, 1.807) is 17.8 Å².